The van der Waals surface area contributed by atoms with Crippen LogP contribution in [0, 0.1) is 0 Å². The average molecular weight is 262 g/mol. The molecule has 0 fully saturated rings. The second kappa shape index (κ2) is 7.02. The molecular weight excluding hydrogens is 246 g/mol. The molecule has 18 heavy (non-hydrogen) atoms. The van der Waals surface area contributed by atoms with Gasteiger partial charge in [-0.05, 0) is 24.5 Å². The molecule has 0 amide bonds. The van der Waals surface area contributed by atoms with Crippen LogP contribution in [0.3, 0.4) is 0 Å². The molecule has 0 bridgehead atoms. The fraction of sp³-hybridized carbons (Fsp3) is 0.267. The molecule has 0 saturated carbocycles. The summed E-state index contributed by atoms with van der Waals surface area (Å²) in [6.45, 7) is 0.685. The van der Waals surface area contributed by atoms with Crippen LogP contribution in [0.15, 0.2) is 48.8 Å². The number of alkyl halides is 1. The van der Waals surface area contributed by atoms with E-state index in [1.807, 2.05) is 12.1 Å². The van der Waals surface area contributed by atoms with E-state index in [9.17, 15) is 0 Å². The summed E-state index contributed by atoms with van der Waals surface area (Å²) in [7, 11) is 0. The van der Waals surface area contributed by atoms with E-state index in [1.54, 1.807) is 12.4 Å². The molecule has 0 aliphatic rings. The smallest absolute Gasteiger partial charge is 0.141 e. The van der Waals surface area contributed by atoms with Crippen molar-refractivity contribution < 1.29 is 4.74 Å². The molecule has 0 aliphatic heterocycles. The first kappa shape index (κ1) is 12.9. The maximum absolute atomic E-state index is 5.83. The van der Waals surface area contributed by atoms with Crippen molar-refractivity contribution in [2.75, 3.05) is 6.61 Å². The summed E-state index contributed by atoms with van der Waals surface area (Å²) in [5.41, 5.74) is 2.33. The van der Waals surface area contributed by atoms with Gasteiger partial charge in [0, 0.05) is 11.8 Å². The fourth-order valence-corrected chi connectivity index (χ4v) is 1.97. The summed E-state index contributed by atoms with van der Waals surface area (Å²) in [5.74, 6) is 1.25. The van der Waals surface area contributed by atoms with Crippen LogP contribution in [0.2, 0.25) is 0 Å². The summed E-state index contributed by atoms with van der Waals surface area (Å²) in [4.78, 5) is 4.05. The van der Waals surface area contributed by atoms with E-state index in [4.69, 9.17) is 16.3 Å². The Balaban J connectivity index is 1.78. The highest BCUT2D eigenvalue weighted by Gasteiger charge is 2.01. The molecule has 2 aromatic rings. The van der Waals surface area contributed by atoms with Crippen molar-refractivity contribution in [3.8, 4) is 5.75 Å². The van der Waals surface area contributed by atoms with Crippen LogP contribution in [0.25, 0.3) is 0 Å². The van der Waals surface area contributed by atoms with E-state index >= 15 is 0 Å². The molecule has 0 radical (unpaired) electrons. The van der Waals surface area contributed by atoms with Crippen LogP contribution in [0.1, 0.15) is 17.5 Å². The minimum Gasteiger partial charge on any atom is -0.492 e. The molecule has 1 heterocycles. The van der Waals surface area contributed by atoms with Gasteiger partial charge in [-0.3, -0.25) is 4.98 Å². The molecule has 0 aliphatic carbocycles. The number of aryl methyl sites for hydroxylation is 1. The van der Waals surface area contributed by atoms with Gasteiger partial charge in [0.15, 0.2) is 0 Å². The van der Waals surface area contributed by atoms with Crippen LogP contribution in [0.4, 0.5) is 0 Å². The number of hydrogen-bond acceptors (Lipinski definition) is 2. The third-order valence-electron chi connectivity index (χ3n) is 2.72. The van der Waals surface area contributed by atoms with E-state index in [0.29, 0.717) is 12.5 Å². The highest BCUT2D eigenvalue weighted by molar-refractivity contribution is 6.17. The summed E-state index contributed by atoms with van der Waals surface area (Å²) in [6.07, 6.45) is 5.46. The van der Waals surface area contributed by atoms with Crippen molar-refractivity contribution in [1.82, 2.24) is 4.98 Å². The highest BCUT2D eigenvalue weighted by Crippen LogP contribution is 2.18. The molecule has 94 valence electrons. The normalized spacial score (nSPS) is 10.3. The van der Waals surface area contributed by atoms with E-state index in [0.717, 1.165) is 24.2 Å². The summed E-state index contributed by atoms with van der Waals surface area (Å²) < 4.78 is 5.70. The zero-order chi connectivity index (χ0) is 12.6. The van der Waals surface area contributed by atoms with Crippen molar-refractivity contribution in [2.24, 2.45) is 0 Å². The second-order valence-corrected chi connectivity index (χ2v) is 4.32. The van der Waals surface area contributed by atoms with E-state index in [2.05, 4.69) is 29.2 Å². The molecule has 0 saturated heterocycles. The number of rotatable bonds is 6. The first-order valence-corrected chi connectivity index (χ1v) is 6.59. The molecule has 3 heteroatoms. The third-order valence-corrected chi connectivity index (χ3v) is 3.01. The molecule has 1 aromatic carbocycles. The lowest BCUT2D eigenvalue weighted by Gasteiger charge is -2.09. The molecule has 2 rings (SSSR count). The summed E-state index contributed by atoms with van der Waals surface area (Å²) >= 11 is 5.83. The molecule has 0 unspecified atom stereocenters. The number of pyridine rings is 1. The van der Waals surface area contributed by atoms with Gasteiger partial charge >= 0.3 is 0 Å². The van der Waals surface area contributed by atoms with Gasteiger partial charge in [-0.1, -0.05) is 30.3 Å². The zero-order valence-corrected chi connectivity index (χ0v) is 10.9. The van der Waals surface area contributed by atoms with E-state index < -0.39 is 0 Å². The fourth-order valence-electron chi connectivity index (χ4n) is 1.75. The number of nitrogens with zero attached hydrogens (tertiary/aromatic N) is 1. The van der Waals surface area contributed by atoms with Crippen molar-refractivity contribution in [3.05, 3.63) is 59.9 Å². The Labute approximate surface area is 113 Å². The molecule has 0 atom stereocenters. The van der Waals surface area contributed by atoms with Gasteiger partial charge in [-0.2, -0.15) is 0 Å². The topological polar surface area (TPSA) is 22.1 Å². The van der Waals surface area contributed by atoms with E-state index in [-0.39, 0.29) is 0 Å². The largest absolute Gasteiger partial charge is 0.492 e. The summed E-state index contributed by atoms with van der Waals surface area (Å²) in [6, 6.07) is 12.3. The predicted molar refractivity (Wildman–Crippen MR) is 74.1 cm³/mol. The van der Waals surface area contributed by atoms with Crippen LogP contribution in [-0.2, 0) is 12.3 Å². The van der Waals surface area contributed by atoms with Gasteiger partial charge in [0.2, 0.25) is 0 Å². The monoisotopic (exact) mass is 261 g/mol. The Morgan fingerprint density at radius 3 is 2.72 bits per heavy atom. The lowest BCUT2D eigenvalue weighted by molar-refractivity contribution is 0.307. The quantitative estimate of drug-likeness (QED) is 0.582. The summed E-state index contributed by atoms with van der Waals surface area (Å²) in [5, 5.41) is 0. The first-order valence-electron chi connectivity index (χ1n) is 6.05. The predicted octanol–water partition coefficient (Wildman–Crippen LogP) is 3.83. The number of benzene rings is 1. The molecule has 0 spiro atoms. The van der Waals surface area contributed by atoms with Gasteiger partial charge in [-0.15, -0.1) is 11.6 Å². The third kappa shape index (κ3) is 3.74. The molecule has 1 aromatic heterocycles. The first-order chi connectivity index (χ1) is 8.90. The van der Waals surface area contributed by atoms with Gasteiger partial charge < -0.3 is 4.74 Å². The SMILES string of the molecule is ClCc1ccncc1OCCCc1ccccc1. The minimum absolute atomic E-state index is 0.455. The van der Waals surface area contributed by atoms with Crippen LogP contribution in [0.5, 0.6) is 5.75 Å². The Bertz CT molecular complexity index is 473. The lowest BCUT2D eigenvalue weighted by atomic mass is 10.1. The van der Waals surface area contributed by atoms with Crippen LogP contribution >= 0.6 is 11.6 Å². The van der Waals surface area contributed by atoms with Gasteiger partial charge in [0.05, 0.1) is 18.7 Å². The Kier molecular flexibility index (Phi) is 5.03. The zero-order valence-electron chi connectivity index (χ0n) is 10.2. The highest BCUT2D eigenvalue weighted by atomic mass is 35.5. The molecule has 2 nitrogen and oxygen atoms in total. The lowest BCUT2D eigenvalue weighted by Crippen LogP contribution is -2.01. The van der Waals surface area contributed by atoms with Crippen molar-refractivity contribution >= 4 is 11.6 Å². The van der Waals surface area contributed by atoms with Crippen molar-refractivity contribution in [3.63, 3.8) is 0 Å². The van der Waals surface area contributed by atoms with Gasteiger partial charge in [0.1, 0.15) is 5.75 Å². The number of hydrogen-bond donors (Lipinski definition) is 0. The number of ether oxygens (including phenoxy) is 1. The van der Waals surface area contributed by atoms with Crippen LogP contribution < -0.4 is 4.74 Å². The van der Waals surface area contributed by atoms with Crippen LogP contribution in [-0.4, -0.2) is 11.6 Å². The Hall–Kier alpha value is -1.54. The van der Waals surface area contributed by atoms with Gasteiger partial charge in [0.25, 0.3) is 0 Å². The second-order valence-electron chi connectivity index (χ2n) is 4.05. The maximum atomic E-state index is 5.83. The molecular formula is C15H16ClNO. The van der Waals surface area contributed by atoms with Gasteiger partial charge in [-0.25, -0.2) is 0 Å². The molecule has 0 N–H and O–H groups in total. The minimum atomic E-state index is 0.455. The van der Waals surface area contributed by atoms with Crippen molar-refractivity contribution in [1.29, 1.82) is 0 Å². The maximum Gasteiger partial charge on any atom is 0.141 e. The standard InChI is InChI=1S/C15H16ClNO/c16-11-14-8-9-17-12-15(14)18-10-4-7-13-5-2-1-3-6-13/h1-3,5-6,8-9,12H,4,7,10-11H2. The number of halogens is 1. The van der Waals surface area contributed by atoms with Crippen molar-refractivity contribution in [2.45, 2.75) is 18.7 Å². The average Bonchev–Trinajstić information content (AvgIpc) is 2.45. The Morgan fingerprint density at radius 2 is 1.94 bits per heavy atom. The number of aromatic nitrogens is 1. The Morgan fingerprint density at radius 1 is 1.11 bits per heavy atom. The van der Waals surface area contributed by atoms with E-state index in [1.165, 1.54) is 5.56 Å².